The summed E-state index contributed by atoms with van der Waals surface area (Å²) < 4.78 is 6.71. The van der Waals surface area contributed by atoms with E-state index < -0.39 is 0 Å². The number of hydrogen-bond donors (Lipinski definition) is 0. The topological polar surface area (TPSA) is 51.3 Å². The molecule has 98 valence electrons. The van der Waals surface area contributed by atoms with E-state index in [4.69, 9.17) is 16.0 Å². The Morgan fingerprint density at radius 3 is 3.00 bits per heavy atom. The number of aromatic nitrogens is 2. The van der Waals surface area contributed by atoms with Gasteiger partial charge >= 0.3 is 0 Å². The lowest BCUT2D eigenvalue weighted by atomic mass is 10.2. The Morgan fingerprint density at radius 2 is 2.21 bits per heavy atom. The maximum absolute atomic E-state index is 6.09. The third-order valence-electron chi connectivity index (χ3n) is 2.45. The van der Waals surface area contributed by atoms with Crippen LogP contribution in [0.4, 0.5) is 0 Å². The van der Waals surface area contributed by atoms with E-state index in [1.807, 2.05) is 18.2 Å². The standard InChI is InChI=1S/C12H10ClN3OS2/c13-9-4-2-1-3-8(9)11-16-15-10(17-11)7-19-12-14-5-6-18-12/h1-4H,5-7H2. The quantitative estimate of drug-likeness (QED) is 0.864. The fourth-order valence-corrected chi connectivity index (χ4v) is 3.64. The largest absolute Gasteiger partial charge is 0.420 e. The summed E-state index contributed by atoms with van der Waals surface area (Å²) in [6, 6.07) is 7.43. The molecule has 0 unspecified atom stereocenters. The van der Waals surface area contributed by atoms with Crippen LogP contribution in [0, 0.1) is 0 Å². The van der Waals surface area contributed by atoms with Crippen LogP contribution in [0.25, 0.3) is 11.5 Å². The van der Waals surface area contributed by atoms with Gasteiger partial charge in [-0.15, -0.1) is 10.2 Å². The van der Waals surface area contributed by atoms with E-state index in [0.29, 0.717) is 22.6 Å². The highest BCUT2D eigenvalue weighted by molar-refractivity contribution is 8.38. The molecule has 0 atom stereocenters. The second-order valence-corrected chi connectivity index (χ2v) is 6.48. The van der Waals surface area contributed by atoms with E-state index in [9.17, 15) is 0 Å². The van der Waals surface area contributed by atoms with Crippen LogP contribution in [-0.2, 0) is 5.75 Å². The van der Waals surface area contributed by atoms with Crippen molar-refractivity contribution in [2.45, 2.75) is 5.75 Å². The summed E-state index contributed by atoms with van der Waals surface area (Å²) in [6.45, 7) is 0.904. The molecule has 3 rings (SSSR count). The molecule has 4 nitrogen and oxygen atoms in total. The van der Waals surface area contributed by atoms with E-state index in [0.717, 1.165) is 22.2 Å². The van der Waals surface area contributed by atoms with Crippen LogP contribution in [0.2, 0.25) is 5.02 Å². The first-order chi connectivity index (χ1) is 9.33. The third kappa shape index (κ3) is 3.13. The van der Waals surface area contributed by atoms with Crippen LogP contribution in [0.3, 0.4) is 0 Å². The van der Waals surface area contributed by atoms with Crippen molar-refractivity contribution in [3.63, 3.8) is 0 Å². The Morgan fingerprint density at radius 1 is 1.32 bits per heavy atom. The fraction of sp³-hybridized carbons (Fsp3) is 0.250. The molecule has 0 saturated heterocycles. The lowest BCUT2D eigenvalue weighted by Gasteiger charge is -1.97. The predicted molar refractivity (Wildman–Crippen MR) is 80.8 cm³/mol. The highest BCUT2D eigenvalue weighted by Gasteiger charge is 2.13. The number of thioether (sulfide) groups is 2. The number of aliphatic imine (C=N–C) groups is 1. The fourth-order valence-electron chi connectivity index (χ4n) is 1.58. The summed E-state index contributed by atoms with van der Waals surface area (Å²) in [5.74, 6) is 2.76. The molecule has 1 aromatic heterocycles. The molecule has 1 aliphatic rings. The lowest BCUT2D eigenvalue weighted by molar-refractivity contribution is 0.529. The Bertz CT molecular complexity index is 615. The first-order valence-corrected chi connectivity index (χ1v) is 8.05. The second-order valence-electron chi connectivity index (χ2n) is 3.77. The van der Waals surface area contributed by atoms with Crippen LogP contribution < -0.4 is 0 Å². The van der Waals surface area contributed by atoms with Crippen molar-refractivity contribution in [2.24, 2.45) is 4.99 Å². The van der Waals surface area contributed by atoms with E-state index >= 15 is 0 Å². The molecule has 1 aromatic carbocycles. The molecule has 0 saturated carbocycles. The van der Waals surface area contributed by atoms with Gasteiger partial charge in [0.2, 0.25) is 11.8 Å². The van der Waals surface area contributed by atoms with Gasteiger partial charge in [-0.25, -0.2) is 0 Å². The molecule has 7 heteroatoms. The van der Waals surface area contributed by atoms with Crippen LogP contribution in [0.15, 0.2) is 33.7 Å². The third-order valence-corrected chi connectivity index (χ3v) is 5.01. The molecule has 0 amide bonds. The van der Waals surface area contributed by atoms with Gasteiger partial charge in [0.25, 0.3) is 0 Å². The summed E-state index contributed by atoms with van der Waals surface area (Å²) in [5, 5.41) is 8.68. The lowest BCUT2D eigenvalue weighted by Crippen LogP contribution is -1.84. The molecule has 0 spiro atoms. The minimum Gasteiger partial charge on any atom is -0.420 e. The number of halogens is 1. The monoisotopic (exact) mass is 311 g/mol. The number of benzene rings is 1. The summed E-state index contributed by atoms with van der Waals surface area (Å²) >= 11 is 9.50. The van der Waals surface area contributed by atoms with Crippen molar-refractivity contribution >= 4 is 39.5 Å². The van der Waals surface area contributed by atoms with E-state index in [1.54, 1.807) is 29.6 Å². The predicted octanol–water partition coefficient (Wildman–Crippen LogP) is 3.73. The summed E-state index contributed by atoms with van der Waals surface area (Å²) in [5.41, 5.74) is 0.764. The molecule has 2 aromatic rings. The highest BCUT2D eigenvalue weighted by Crippen LogP contribution is 2.28. The van der Waals surface area contributed by atoms with Gasteiger partial charge in [-0.3, -0.25) is 4.99 Å². The van der Waals surface area contributed by atoms with E-state index in [2.05, 4.69) is 15.2 Å². The number of rotatable bonds is 3. The highest BCUT2D eigenvalue weighted by atomic mass is 35.5. The minimum atomic E-state index is 0.460. The first-order valence-electron chi connectivity index (χ1n) is 5.70. The van der Waals surface area contributed by atoms with Crippen LogP contribution >= 0.6 is 35.1 Å². The number of nitrogens with zero attached hydrogens (tertiary/aromatic N) is 3. The summed E-state index contributed by atoms with van der Waals surface area (Å²) in [7, 11) is 0. The van der Waals surface area contributed by atoms with Gasteiger partial charge in [-0.05, 0) is 12.1 Å². The van der Waals surface area contributed by atoms with Gasteiger partial charge in [-0.1, -0.05) is 47.3 Å². The van der Waals surface area contributed by atoms with Crippen molar-refractivity contribution in [2.75, 3.05) is 12.3 Å². The normalized spacial score (nSPS) is 14.7. The Kier molecular flexibility index (Phi) is 4.10. The van der Waals surface area contributed by atoms with Crippen LogP contribution in [0.1, 0.15) is 5.89 Å². The second kappa shape index (κ2) is 5.98. The maximum Gasteiger partial charge on any atom is 0.249 e. The zero-order valence-electron chi connectivity index (χ0n) is 9.88. The van der Waals surface area contributed by atoms with Crippen molar-refractivity contribution < 1.29 is 4.42 Å². The molecule has 0 bridgehead atoms. The molecular weight excluding hydrogens is 302 g/mol. The smallest absolute Gasteiger partial charge is 0.249 e. The van der Waals surface area contributed by atoms with Crippen molar-refractivity contribution in [1.29, 1.82) is 0 Å². The molecule has 19 heavy (non-hydrogen) atoms. The first kappa shape index (κ1) is 13.0. The average Bonchev–Trinajstić information content (AvgIpc) is 3.08. The molecule has 0 N–H and O–H groups in total. The maximum atomic E-state index is 6.09. The Balaban J connectivity index is 1.71. The SMILES string of the molecule is Clc1ccccc1-c1nnc(CSC2=NCCS2)o1. The van der Waals surface area contributed by atoms with Crippen LogP contribution in [-0.4, -0.2) is 26.9 Å². The van der Waals surface area contributed by atoms with Crippen LogP contribution in [0.5, 0.6) is 0 Å². The molecule has 0 aliphatic carbocycles. The molecule has 0 radical (unpaired) electrons. The molecule has 1 aliphatic heterocycles. The summed E-state index contributed by atoms with van der Waals surface area (Å²) in [6.07, 6.45) is 0. The van der Waals surface area contributed by atoms with E-state index in [-0.39, 0.29) is 0 Å². The Hall–Kier alpha value is -0.980. The van der Waals surface area contributed by atoms with E-state index in [1.165, 1.54) is 0 Å². The molecular formula is C12H10ClN3OS2. The van der Waals surface area contributed by atoms with Gasteiger partial charge in [0.05, 0.1) is 22.9 Å². The van der Waals surface area contributed by atoms with Gasteiger partial charge in [-0.2, -0.15) is 0 Å². The van der Waals surface area contributed by atoms with Gasteiger partial charge in [0.1, 0.15) is 4.38 Å². The average molecular weight is 312 g/mol. The minimum absolute atomic E-state index is 0.460. The molecule has 0 fully saturated rings. The summed E-state index contributed by atoms with van der Waals surface area (Å²) in [4.78, 5) is 4.36. The van der Waals surface area contributed by atoms with Crippen molar-refractivity contribution in [1.82, 2.24) is 10.2 Å². The molecule has 2 heterocycles. The van der Waals surface area contributed by atoms with Crippen molar-refractivity contribution in [3.8, 4) is 11.5 Å². The zero-order chi connectivity index (χ0) is 13.1. The number of hydrogen-bond acceptors (Lipinski definition) is 6. The van der Waals surface area contributed by atoms with Gasteiger partial charge in [0, 0.05) is 5.75 Å². The Labute approximate surface area is 124 Å². The zero-order valence-corrected chi connectivity index (χ0v) is 12.3. The van der Waals surface area contributed by atoms with Crippen molar-refractivity contribution in [3.05, 3.63) is 35.2 Å². The van der Waals surface area contributed by atoms with Gasteiger partial charge < -0.3 is 4.42 Å². The van der Waals surface area contributed by atoms with Gasteiger partial charge in [0.15, 0.2) is 0 Å².